The number of hydrogen-bond acceptors (Lipinski definition) is 2. The van der Waals surface area contributed by atoms with Gasteiger partial charge >= 0.3 is 0 Å². The van der Waals surface area contributed by atoms with Crippen LogP contribution in [0, 0.1) is 0 Å². The lowest BCUT2D eigenvalue weighted by atomic mass is 10.2. The molecule has 1 aromatic heterocycles. The number of fused-ring (bicyclic) bond motifs is 3. The first-order chi connectivity index (χ1) is 10.8. The van der Waals surface area contributed by atoms with Crippen molar-refractivity contribution >= 4 is 27.7 Å². The number of aromatic nitrogens is 1. The van der Waals surface area contributed by atoms with E-state index in [2.05, 4.69) is 46.3 Å². The number of nitrogens with zero attached hydrogens (tertiary/aromatic N) is 2. The zero-order valence-corrected chi connectivity index (χ0v) is 12.5. The minimum atomic E-state index is 0.202. The highest BCUT2D eigenvalue weighted by atomic mass is 16.2. The van der Waals surface area contributed by atoms with Crippen molar-refractivity contribution < 1.29 is 4.79 Å². The van der Waals surface area contributed by atoms with E-state index in [1.165, 1.54) is 10.8 Å². The van der Waals surface area contributed by atoms with Gasteiger partial charge in [-0.2, -0.15) is 0 Å². The summed E-state index contributed by atoms with van der Waals surface area (Å²) in [6.07, 6.45) is 0. The molecule has 1 fully saturated rings. The van der Waals surface area contributed by atoms with Crippen LogP contribution in [0.4, 0.5) is 0 Å². The summed E-state index contributed by atoms with van der Waals surface area (Å²) >= 11 is 0. The van der Waals surface area contributed by atoms with Crippen molar-refractivity contribution in [3.63, 3.8) is 0 Å². The molecule has 22 heavy (non-hydrogen) atoms. The van der Waals surface area contributed by atoms with Crippen LogP contribution in [0.25, 0.3) is 21.8 Å². The van der Waals surface area contributed by atoms with E-state index in [0.29, 0.717) is 6.54 Å². The van der Waals surface area contributed by atoms with Crippen LogP contribution < -0.4 is 5.32 Å². The Bertz CT molecular complexity index is 777. The first-order valence-corrected chi connectivity index (χ1v) is 7.79. The molecule has 3 aromatic rings. The number of carbonyl (C=O) groups excluding carboxylic acids is 1. The van der Waals surface area contributed by atoms with Crippen molar-refractivity contribution in [3.05, 3.63) is 48.5 Å². The van der Waals surface area contributed by atoms with Crippen LogP contribution in [-0.4, -0.2) is 41.6 Å². The summed E-state index contributed by atoms with van der Waals surface area (Å²) in [5.41, 5.74) is 2.26. The number of hydrogen-bond donors (Lipinski definition) is 1. The third kappa shape index (κ3) is 2.16. The zero-order chi connectivity index (χ0) is 14.9. The molecule has 0 atom stereocenters. The number of para-hydroxylation sites is 2. The van der Waals surface area contributed by atoms with Gasteiger partial charge in [0.2, 0.25) is 5.91 Å². The standard InChI is InChI=1S/C18H19N3O/c22-18(20-11-9-19-10-12-20)13-21-16-7-3-1-5-14(16)15-6-2-4-8-17(15)21/h1-8,19H,9-13H2. The van der Waals surface area contributed by atoms with Gasteiger partial charge in [0.05, 0.1) is 0 Å². The molecular formula is C18H19N3O. The Hall–Kier alpha value is -2.33. The lowest BCUT2D eigenvalue weighted by Gasteiger charge is -2.27. The number of rotatable bonds is 2. The second kappa shape index (κ2) is 5.46. The summed E-state index contributed by atoms with van der Waals surface area (Å²) < 4.78 is 2.15. The number of benzene rings is 2. The first kappa shape index (κ1) is 13.3. The minimum Gasteiger partial charge on any atom is -0.339 e. The molecule has 1 aliphatic heterocycles. The quantitative estimate of drug-likeness (QED) is 0.786. The molecule has 4 heteroatoms. The predicted molar refractivity (Wildman–Crippen MR) is 88.9 cm³/mol. The molecule has 0 aliphatic carbocycles. The average Bonchev–Trinajstić information content (AvgIpc) is 2.90. The Kier molecular flexibility index (Phi) is 3.31. The SMILES string of the molecule is O=C(Cn1c2ccccc2c2ccccc21)N1CCNCC1. The molecule has 1 N–H and O–H groups in total. The van der Waals surface area contributed by atoms with Crippen molar-refractivity contribution in [2.24, 2.45) is 0 Å². The van der Waals surface area contributed by atoms with Crippen molar-refractivity contribution in [2.45, 2.75) is 6.54 Å². The van der Waals surface area contributed by atoms with E-state index in [-0.39, 0.29) is 5.91 Å². The summed E-state index contributed by atoms with van der Waals surface area (Å²) in [4.78, 5) is 14.6. The molecule has 0 bridgehead atoms. The van der Waals surface area contributed by atoms with E-state index in [1.54, 1.807) is 0 Å². The van der Waals surface area contributed by atoms with Crippen LogP contribution in [0.1, 0.15) is 0 Å². The minimum absolute atomic E-state index is 0.202. The van der Waals surface area contributed by atoms with Gasteiger partial charge in [0.15, 0.2) is 0 Å². The fourth-order valence-corrected chi connectivity index (χ4v) is 3.32. The van der Waals surface area contributed by atoms with Crippen LogP contribution in [0.2, 0.25) is 0 Å². The Morgan fingerprint density at radius 2 is 1.45 bits per heavy atom. The predicted octanol–water partition coefficient (Wildman–Crippen LogP) is 2.23. The molecule has 4 nitrogen and oxygen atoms in total. The third-order valence-electron chi connectivity index (χ3n) is 4.44. The fourth-order valence-electron chi connectivity index (χ4n) is 3.32. The largest absolute Gasteiger partial charge is 0.339 e. The molecule has 4 rings (SSSR count). The summed E-state index contributed by atoms with van der Waals surface area (Å²) in [6.45, 7) is 3.79. The number of piperazine rings is 1. The zero-order valence-electron chi connectivity index (χ0n) is 12.5. The van der Waals surface area contributed by atoms with Gasteiger partial charge in [-0.1, -0.05) is 36.4 Å². The van der Waals surface area contributed by atoms with Gasteiger partial charge in [-0.05, 0) is 12.1 Å². The smallest absolute Gasteiger partial charge is 0.242 e. The van der Waals surface area contributed by atoms with Crippen LogP contribution in [-0.2, 0) is 11.3 Å². The normalized spacial score (nSPS) is 15.5. The fraction of sp³-hybridized carbons (Fsp3) is 0.278. The second-order valence-corrected chi connectivity index (χ2v) is 5.75. The van der Waals surface area contributed by atoms with Gasteiger partial charge < -0.3 is 14.8 Å². The Morgan fingerprint density at radius 1 is 0.909 bits per heavy atom. The summed E-state index contributed by atoms with van der Waals surface area (Å²) in [7, 11) is 0. The Balaban J connectivity index is 1.77. The molecule has 2 heterocycles. The van der Waals surface area contributed by atoms with Gasteiger partial charge in [0.25, 0.3) is 0 Å². The van der Waals surface area contributed by atoms with Gasteiger partial charge in [0, 0.05) is 48.0 Å². The first-order valence-electron chi connectivity index (χ1n) is 7.79. The highest BCUT2D eigenvalue weighted by molar-refractivity contribution is 6.08. The Labute approximate surface area is 129 Å². The molecular weight excluding hydrogens is 274 g/mol. The summed E-state index contributed by atoms with van der Waals surface area (Å²) in [6, 6.07) is 16.6. The average molecular weight is 293 g/mol. The van der Waals surface area contributed by atoms with Crippen LogP contribution in [0.3, 0.4) is 0 Å². The molecule has 1 aliphatic rings. The molecule has 0 unspecified atom stereocenters. The summed E-state index contributed by atoms with van der Waals surface area (Å²) in [5.74, 6) is 0.202. The Morgan fingerprint density at radius 3 is 2.05 bits per heavy atom. The van der Waals surface area contributed by atoms with E-state index in [4.69, 9.17) is 0 Å². The molecule has 112 valence electrons. The number of amides is 1. The van der Waals surface area contributed by atoms with E-state index >= 15 is 0 Å². The van der Waals surface area contributed by atoms with Crippen molar-refractivity contribution in [3.8, 4) is 0 Å². The highest BCUT2D eigenvalue weighted by Crippen LogP contribution is 2.28. The van der Waals surface area contributed by atoms with Gasteiger partial charge in [0.1, 0.15) is 6.54 Å². The molecule has 0 saturated carbocycles. The molecule has 0 spiro atoms. The number of carbonyl (C=O) groups is 1. The maximum atomic E-state index is 12.6. The van der Waals surface area contributed by atoms with Crippen molar-refractivity contribution in [1.29, 1.82) is 0 Å². The van der Waals surface area contributed by atoms with Gasteiger partial charge in [-0.3, -0.25) is 4.79 Å². The number of nitrogens with one attached hydrogen (secondary N) is 1. The monoisotopic (exact) mass is 293 g/mol. The van der Waals surface area contributed by atoms with Crippen molar-refractivity contribution in [1.82, 2.24) is 14.8 Å². The van der Waals surface area contributed by atoms with E-state index < -0.39 is 0 Å². The van der Waals surface area contributed by atoms with Crippen LogP contribution in [0.5, 0.6) is 0 Å². The van der Waals surface area contributed by atoms with E-state index in [9.17, 15) is 4.79 Å². The van der Waals surface area contributed by atoms with E-state index in [1.807, 2.05) is 17.0 Å². The maximum Gasteiger partial charge on any atom is 0.242 e. The molecule has 1 amide bonds. The lowest BCUT2D eigenvalue weighted by molar-refractivity contribution is -0.132. The van der Waals surface area contributed by atoms with Crippen molar-refractivity contribution in [2.75, 3.05) is 26.2 Å². The second-order valence-electron chi connectivity index (χ2n) is 5.75. The van der Waals surface area contributed by atoms with E-state index in [0.717, 1.165) is 37.2 Å². The topological polar surface area (TPSA) is 37.3 Å². The molecule has 2 aromatic carbocycles. The molecule has 0 radical (unpaired) electrons. The highest BCUT2D eigenvalue weighted by Gasteiger charge is 2.18. The summed E-state index contributed by atoms with van der Waals surface area (Å²) in [5, 5.41) is 5.72. The maximum absolute atomic E-state index is 12.6. The van der Waals surface area contributed by atoms with Gasteiger partial charge in [-0.15, -0.1) is 0 Å². The third-order valence-corrected chi connectivity index (χ3v) is 4.44. The lowest BCUT2D eigenvalue weighted by Crippen LogP contribution is -2.47. The van der Waals surface area contributed by atoms with Crippen LogP contribution >= 0.6 is 0 Å². The molecule has 1 saturated heterocycles. The van der Waals surface area contributed by atoms with Gasteiger partial charge in [-0.25, -0.2) is 0 Å². The van der Waals surface area contributed by atoms with Crippen LogP contribution in [0.15, 0.2) is 48.5 Å².